The zero-order valence-electron chi connectivity index (χ0n) is 14.5. The van der Waals surface area contributed by atoms with Crippen molar-refractivity contribution in [2.24, 2.45) is 0 Å². The lowest BCUT2D eigenvalue weighted by Gasteiger charge is -2.11. The van der Waals surface area contributed by atoms with Gasteiger partial charge in [-0.2, -0.15) is 4.57 Å². The molecule has 0 saturated heterocycles. The van der Waals surface area contributed by atoms with Crippen LogP contribution in [0.3, 0.4) is 0 Å². The summed E-state index contributed by atoms with van der Waals surface area (Å²) in [6.45, 7) is 1.67. The van der Waals surface area contributed by atoms with Gasteiger partial charge >= 0.3 is 0 Å². The quantitative estimate of drug-likeness (QED) is 0.292. The number of hydrogen-bond acceptors (Lipinski definition) is 2. The zero-order valence-corrected chi connectivity index (χ0v) is 15.3. The van der Waals surface area contributed by atoms with Crippen LogP contribution < -0.4 is 9.88 Å². The number of rotatable bonds is 4. The Kier molecular flexibility index (Phi) is 5.57. The van der Waals surface area contributed by atoms with Crippen LogP contribution in [0.25, 0.3) is 11.5 Å². The van der Waals surface area contributed by atoms with Crippen molar-refractivity contribution in [1.29, 1.82) is 0 Å². The molecule has 2 N–H and O–H groups in total. The predicted octanol–water partition coefficient (Wildman–Crippen LogP) is 4.88. The number of aromatic nitrogens is 1. The Morgan fingerprint density at radius 3 is 2.30 bits per heavy atom. The van der Waals surface area contributed by atoms with Crippen molar-refractivity contribution in [3.63, 3.8) is 0 Å². The Labute approximate surface area is 161 Å². The maximum absolute atomic E-state index is 13.8. The molecule has 3 nitrogen and oxygen atoms in total. The van der Waals surface area contributed by atoms with Gasteiger partial charge in [-0.15, -0.1) is 0 Å². The number of anilines is 1. The number of aliphatic hydroxyl groups is 1. The normalized spacial score (nSPS) is 11.7. The summed E-state index contributed by atoms with van der Waals surface area (Å²) in [6.07, 6.45) is 3.44. The molecule has 0 atom stereocenters. The first-order chi connectivity index (χ1) is 13.0. The third kappa shape index (κ3) is 4.35. The number of nitrogens with zero attached hydrogens (tertiary/aromatic N) is 1. The van der Waals surface area contributed by atoms with Crippen molar-refractivity contribution in [1.82, 2.24) is 0 Å². The molecule has 3 aromatic rings. The van der Waals surface area contributed by atoms with Crippen LogP contribution in [0, 0.1) is 18.6 Å². The van der Waals surface area contributed by atoms with E-state index in [2.05, 4.69) is 5.32 Å². The van der Waals surface area contributed by atoms with E-state index in [9.17, 15) is 13.9 Å². The van der Waals surface area contributed by atoms with E-state index in [0.717, 1.165) is 0 Å². The topological polar surface area (TPSA) is 36.1 Å². The second-order valence-corrected chi connectivity index (χ2v) is 6.31. The number of pyridine rings is 1. The number of thiocarbonyl (C=S) groups is 1. The zero-order chi connectivity index (χ0) is 19.4. The Morgan fingerprint density at radius 1 is 1.00 bits per heavy atom. The number of hydrogen-bond donors (Lipinski definition) is 2. The van der Waals surface area contributed by atoms with Crippen molar-refractivity contribution in [3.8, 4) is 0 Å². The summed E-state index contributed by atoms with van der Waals surface area (Å²) >= 11 is 5.47. The summed E-state index contributed by atoms with van der Waals surface area (Å²) in [5.41, 5.74) is 1.68. The van der Waals surface area contributed by atoms with E-state index in [0.29, 0.717) is 16.8 Å². The molecule has 1 heterocycles. The predicted molar refractivity (Wildman–Crippen MR) is 106 cm³/mol. The average molecular weight is 383 g/mol. The molecule has 0 fully saturated rings. The molecule has 0 aliphatic carbocycles. The molecule has 0 aliphatic rings. The van der Waals surface area contributed by atoms with Crippen molar-refractivity contribution in [2.45, 2.75) is 6.92 Å². The smallest absolute Gasteiger partial charge is 0.288 e. The third-order valence-electron chi connectivity index (χ3n) is 3.96. The summed E-state index contributed by atoms with van der Waals surface area (Å²) in [4.78, 5) is 0.191. The van der Waals surface area contributed by atoms with Gasteiger partial charge in [0.25, 0.3) is 5.70 Å². The number of halogens is 2. The lowest BCUT2D eigenvalue weighted by atomic mass is 10.1. The van der Waals surface area contributed by atoms with Crippen LogP contribution in [0.2, 0.25) is 0 Å². The second-order valence-electron chi connectivity index (χ2n) is 5.90. The summed E-state index contributed by atoms with van der Waals surface area (Å²) in [5.74, 6) is -0.893. The molecule has 0 spiro atoms. The van der Waals surface area contributed by atoms with E-state index >= 15 is 0 Å². The van der Waals surface area contributed by atoms with Gasteiger partial charge in [-0.05, 0) is 48.9 Å². The van der Waals surface area contributed by atoms with Gasteiger partial charge in [-0.25, -0.2) is 8.78 Å². The highest BCUT2D eigenvalue weighted by atomic mass is 32.1. The van der Waals surface area contributed by atoms with E-state index in [1.165, 1.54) is 30.3 Å². The number of aryl methyl sites for hydroxylation is 1. The molecule has 0 unspecified atom stereocenters. The van der Waals surface area contributed by atoms with Crippen molar-refractivity contribution < 1.29 is 18.5 Å². The first kappa shape index (κ1) is 18.7. The molecule has 6 heteroatoms. The molecule has 136 valence electrons. The summed E-state index contributed by atoms with van der Waals surface area (Å²) in [7, 11) is 0. The molecule has 3 rings (SSSR count). The van der Waals surface area contributed by atoms with E-state index in [1.54, 1.807) is 48.1 Å². The molecule has 0 amide bonds. The van der Waals surface area contributed by atoms with Gasteiger partial charge < -0.3 is 10.4 Å². The lowest BCUT2D eigenvalue weighted by molar-refractivity contribution is -0.575. The molecule has 0 radical (unpaired) electrons. The van der Waals surface area contributed by atoms with Gasteiger partial charge in [-0.1, -0.05) is 24.4 Å². The third-order valence-corrected chi connectivity index (χ3v) is 4.26. The second kappa shape index (κ2) is 8.05. The van der Waals surface area contributed by atoms with Gasteiger partial charge in [0.2, 0.25) is 0 Å². The highest BCUT2D eigenvalue weighted by Gasteiger charge is 2.23. The van der Waals surface area contributed by atoms with Gasteiger partial charge in [0.15, 0.2) is 23.1 Å². The number of benzene rings is 2. The fourth-order valence-electron chi connectivity index (χ4n) is 2.50. The molecule has 1 aromatic heterocycles. The molecule has 2 aromatic carbocycles. The van der Waals surface area contributed by atoms with Gasteiger partial charge in [0.1, 0.15) is 11.6 Å². The van der Waals surface area contributed by atoms with Crippen LogP contribution in [0.5, 0.6) is 0 Å². The highest BCUT2D eigenvalue weighted by Crippen LogP contribution is 2.20. The summed E-state index contributed by atoms with van der Waals surface area (Å²) in [6, 6.07) is 15.5. The minimum absolute atomic E-state index is 0.128. The SMILES string of the molecule is Cc1ccc(NC(=S)C(=C(O)c2ccc(F)cc2)[n+]2ccccc2)cc1F. The van der Waals surface area contributed by atoms with Gasteiger partial charge in [0.05, 0.1) is 0 Å². The Balaban J connectivity index is 2.04. The fourth-order valence-corrected chi connectivity index (χ4v) is 2.82. The van der Waals surface area contributed by atoms with Crippen molar-refractivity contribution in [3.05, 3.63) is 95.8 Å². The van der Waals surface area contributed by atoms with Gasteiger partial charge in [-0.3, -0.25) is 0 Å². The van der Waals surface area contributed by atoms with E-state index < -0.39 is 5.82 Å². The highest BCUT2D eigenvalue weighted by molar-refractivity contribution is 7.81. The standard InChI is InChI=1S/C21H16F2N2OS/c1-14-5-10-17(13-18(14)23)24-21(27)19(25-11-3-2-4-12-25)20(26)15-6-8-16(22)9-7-15/h2-13H,1H3,(H-,24,26,27)/p+1. The van der Waals surface area contributed by atoms with E-state index in [4.69, 9.17) is 12.2 Å². The molecule has 27 heavy (non-hydrogen) atoms. The van der Waals surface area contributed by atoms with Crippen LogP contribution in [-0.4, -0.2) is 10.1 Å². The first-order valence-electron chi connectivity index (χ1n) is 8.19. The van der Waals surface area contributed by atoms with Crippen LogP contribution in [-0.2, 0) is 0 Å². The summed E-state index contributed by atoms with van der Waals surface area (Å²) < 4.78 is 28.7. The average Bonchev–Trinajstić information content (AvgIpc) is 2.66. The maximum Gasteiger partial charge on any atom is 0.288 e. The monoisotopic (exact) mass is 383 g/mol. The van der Waals surface area contributed by atoms with Gasteiger partial charge in [0, 0.05) is 23.4 Å². The minimum atomic E-state index is -0.406. The molecule has 0 aliphatic heterocycles. The largest absolute Gasteiger partial charge is 0.502 e. The molecule has 0 bridgehead atoms. The van der Waals surface area contributed by atoms with Crippen LogP contribution >= 0.6 is 12.2 Å². The van der Waals surface area contributed by atoms with Crippen LogP contribution in [0.1, 0.15) is 11.1 Å². The Bertz CT molecular complexity index is 1000. The Hall–Kier alpha value is -3.12. The van der Waals surface area contributed by atoms with Crippen molar-refractivity contribution in [2.75, 3.05) is 5.32 Å². The summed E-state index contributed by atoms with van der Waals surface area (Å²) in [5, 5.41) is 13.8. The Morgan fingerprint density at radius 2 is 1.67 bits per heavy atom. The van der Waals surface area contributed by atoms with E-state index in [1.807, 2.05) is 6.07 Å². The molecule has 0 saturated carbocycles. The molecular formula is C21H17F2N2OS+. The number of aliphatic hydroxyl groups excluding tert-OH is 1. The fraction of sp³-hybridized carbons (Fsp3) is 0.0476. The van der Waals surface area contributed by atoms with Crippen LogP contribution in [0.4, 0.5) is 14.5 Å². The molecular weight excluding hydrogens is 366 g/mol. The van der Waals surface area contributed by atoms with E-state index in [-0.39, 0.29) is 22.3 Å². The van der Waals surface area contributed by atoms with Crippen molar-refractivity contribution >= 4 is 34.3 Å². The maximum atomic E-state index is 13.8. The number of nitrogens with one attached hydrogen (secondary N) is 1. The van der Waals surface area contributed by atoms with Crippen LogP contribution in [0.15, 0.2) is 73.1 Å². The first-order valence-corrected chi connectivity index (χ1v) is 8.60. The lowest BCUT2D eigenvalue weighted by Crippen LogP contribution is -2.38. The minimum Gasteiger partial charge on any atom is -0.502 e.